The first-order valence-corrected chi connectivity index (χ1v) is 9.84. The smallest absolute Gasteiger partial charge is 0.231 e. The molecule has 0 unspecified atom stereocenters. The van der Waals surface area contributed by atoms with E-state index >= 15 is 0 Å². The number of phenols is 1. The molecule has 0 saturated carbocycles. The average molecular weight is 378 g/mol. The number of ketones is 1. The molecule has 146 valence electrons. The van der Waals surface area contributed by atoms with Crippen LogP contribution in [-0.2, 0) is 13.0 Å². The van der Waals surface area contributed by atoms with Crippen LogP contribution in [-0.4, -0.2) is 53.9 Å². The molecule has 1 N–H and O–H groups in total. The summed E-state index contributed by atoms with van der Waals surface area (Å²) in [6.07, 6.45) is 2.76. The summed E-state index contributed by atoms with van der Waals surface area (Å²) in [5.74, 6) is 0.859. The van der Waals surface area contributed by atoms with Crippen molar-refractivity contribution in [1.82, 2.24) is 9.80 Å². The summed E-state index contributed by atoms with van der Waals surface area (Å²) in [7, 11) is 2.11. The van der Waals surface area contributed by atoms with Crippen molar-refractivity contribution < 1.29 is 14.6 Å². The monoisotopic (exact) mass is 378 g/mol. The van der Waals surface area contributed by atoms with Crippen LogP contribution in [0.4, 0.5) is 0 Å². The van der Waals surface area contributed by atoms with Gasteiger partial charge in [0.1, 0.15) is 11.5 Å². The molecule has 5 nitrogen and oxygen atoms in total. The summed E-state index contributed by atoms with van der Waals surface area (Å²) in [4.78, 5) is 17.4. The van der Waals surface area contributed by atoms with Gasteiger partial charge in [-0.05, 0) is 42.8 Å². The fourth-order valence-corrected chi connectivity index (χ4v) is 3.68. The minimum atomic E-state index is -0.130. The van der Waals surface area contributed by atoms with Crippen LogP contribution in [0.3, 0.4) is 0 Å². The largest absolute Gasteiger partial charge is 0.507 e. The van der Waals surface area contributed by atoms with Crippen LogP contribution in [0.25, 0.3) is 6.08 Å². The van der Waals surface area contributed by atoms with Gasteiger partial charge in [0, 0.05) is 32.7 Å². The van der Waals surface area contributed by atoms with Crippen LogP contribution in [0.15, 0.2) is 42.2 Å². The molecule has 0 amide bonds. The number of Topliss-reactive ketones (excluding diaryl/α,β-unsaturated/α-hetero) is 1. The highest BCUT2D eigenvalue weighted by atomic mass is 16.5. The molecule has 0 aromatic heterocycles. The number of rotatable bonds is 4. The summed E-state index contributed by atoms with van der Waals surface area (Å²) < 4.78 is 5.97. The molecule has 5 heteroatoms. The zero-order valence-electron chi connectivity index (χ0n) is 16.4. The number of hydrogen-bond acceptors (Lipinski definition) is 5. The van der Waals surface area contributed by atoms with Gasteiger partial charge < -0.3 is 14.7 Å². The Labute approximate surface area is 165 Å². The third-order valence-electron chi connectivity index (χ3n) is 5.58. The summed E-state index contributed by atoms with van der Waals surface area (Å²) in [6.45, 7) is 6.54. The number of benzene rings is 2. The predicted molar refractivity (Wildman–Crippen MR) is 110 cm³/mol. The molecule has 2 aliphatic rings. The minimum absolute atomic E-state index is 0.130. The van der Waals surface area contributed by atoms with E-state index in [9.17, 15) is 9.90 Å². The van der Waals surface area contributed by atoms with Crippen molar-refractivity contribution in [2.24, 2.45) is 0 Å². The lowest BCUT2D eigenvalue weighted by Gasteiger charge is -2.32. The lowest BCUT2D eigenvalue weighted by Crippen LogP contribution is -2.43. The zero-order chi connectivity index (χ0) is 19.7. The number of likely N-dealkylation sites (N-methyl/N-ethyl adjacent to an activating group) is 1. The predicted octanol–water partition coefficient (Wildman–Crippen LogP) is 3.32. The summed E-state index contributed by atoms with van der Waals surface area (Å²) in [5, 5.41) is 10.4. The van der Waals surface area contributed by atoms with Crippen molar-refractivity contribution in [3.05, 3.63) is 64.4 Å². The van der Waals surface area contributed by atoms with Gasteiger partial charge in [0.05, 0.1) is 11.1 Å². The SMILES string of the molecule is CCc1ccc(C=C2Oc3c(ccc(O)c3CN3CCN(C)CC3)C2=O)cc1. The van der Waals surface area contributed by atoms with Crippen molar-refractivity contribution >= 4 is 11.9 Å². The van der Waals surface area contributed by atoms with Crippen LogP contribution in [0.2, 0.25) is 0 Å². The lowest BCUT2D eigenvalue weighted by atomic mass is 10.0. The van der Waals surface area contributed by atoms with Gasteiger partial charge >= 0.3 is 0 Å². The van der Waals surface area contributed by atoms with Gasteiger partial charge in [0.25, 0.3) is 0 Å². The van der Waals surface area contributed by atoms with Crippen LogP contribution < -0.4 is 4.74 Å². The van der Waals surface area contributed by atoms with Gasteiger partial charge in [-0.2, -0.15) is 0 Å². The summed E-state index contributed by atoms with van der Waals surface area (Å²) in [6, 6.07) is 11.4. The number of phenolic OH excluding ortho intramolecular Hbond substituents is 1. The molecule has 0 bridgehead atoms. The number of allylic oxidation sites excluding steroid dienone is 1. The minimum Gasteiger partial charge on any atom is -0.507 e. The van der Waals surface area contributed by atoms with Crippen LogP contribution in [0.1, 0.15) is 34.0 Å². The van der Waals surface area contributed by atoms with Crippen molar-refractivity contribution in [2.45, 2.75) is 19.9 Å². The fraction of sp³-hybridized carbons (Fsp3) is 0.348. The number of ether oxygens (including phenoxy) is 1. The Hall–Kier alpha value is -2.63. The number of fused-ring (bicyclic) bond motifs is 1. The van der Waals surface area contributed by atoms with E-state index in [-0.39, 0.29) is 11.5 Å². The van der Waals surface area contributed by atoms with E-state index in [0.29, 0.717) is 29.2 Å². The van der Waals surface area contributed by atoms with E-state index in [0.717, 1.165) is 38.2 Å². The Bertz CT molecular complexity index is 910. The molecule has 2 heterocycles. The second-order valence-corrected chi connectivity index (χ2v) is 7.55. The lowest BCUT2D eigenvalue weighted by molar-refractivity contribution is 0.101. The number of carbonyl (C=O) groups is 1. The molecule has 28 heavy (non-hydrogen) atoms. The summed E-state index contributed by atoms with van der Waals surface area (Å²) in [5.41, 5.74) is 3.40. The van der Waals surface area contributed by atoms with Crippen molar-refractivity contribution in [1.29, 1.82) is 0 Å². The number of nitrogens with zero attached hydrogens (tertiary/aromatic N) is 2. The number of aromatic hydroxyl groups is 1. The van der Waals surface area contributed by atoms with Gasteiger partial charge in [-0.3, -0.25) is 9.69 Å². The Morgan fingerprint density at radius 1 is 1.07 bits per heavy atom. The Morgan fingerprint density at radius 2 is 1.79 bits per heavy atom. The van der Waals surface area contributed by atoms with E-state index in [4.69, 9.17) is 4.74 Å². The Balaban J connectivity index is 1.60. The quantitative estimate of drug-likeness (QED) is 0.827. The van der Waals surface area contributed by atoms with Gasteiger partial charge in [-0.15, -0.1) is 0 Å². The average Bonchev–Trinajstić information content (AvgIpc) is 3.02. The van der Waals surface area contributed by atoms with Gasteiger partial charge in [0.15, 0.2) is 5.76 Å². The first kappa shape index (κ1) is 18.7. The van der Waals surface area contributed by atoms with Gasteiger partial charge in [0.2, 0.25) is 5.78 Å². The van der Waals surface area contributed by atoms with Crippen LogP contribution in [0, 0.1) is 0 Å². The maximum atomic E-state index is 12.8. The van der Waals surface area contributed by atoms with Gasteiger partial charge in [-0.25, -0.2) is 0 Å². The highest BCUT2D eigenvalue weighted by Gasteiger charge is 2.32. The zero-order valence-corrected chi connectivity index (χ0v) is 16.4. The molecule has 0 aliphatic carbocycles. The first-order valence-electron chi connectivity index (χ1n) is 9.84. The fourth-order valence-electron chi connectivity index (χ4n) is 3.68. The normalized spacial score (nSPS) is 19.1. The molecule has 1 saturated heterocycles. The number of piperazine rings is 1. The van der Waals surface area contributed by atoms with Crippen molar-refractivity contribution in [3.63, 3.8) is 0 Å². The van der Waals surface area contributed by atoms with E-state index in [2.05, 4.69) is 35.9 Å². The molecular formula is C23H26N2O3. The molecule has 0 spiro atoms. The number of aryl methyl sites for hydroxylation is 1. The molecular weight excluding hydrogens is 352 g/mol. The second-order valence-electron chi connectivity index (χ2n) is 7.55. The first-order chi connectivity index (χ1) is 13.5. The maximum Gasteiger partial charge on any atom is 0.231 e. The molecule has 0 radical (unpaired) electrons. The van der Waals surface area contributed by atoms with E-state index in [1.54, 1.807) is 18.2 Å². The standard InChI is InChI=1S/C23H26N2O3/c1-3-16-4-6-17(7-5-16)14-21-22(27)18-8-9-20(26)19(23(18)28-21)15-25-12-10-24(2)11-13-25/h4-9,14,26H,3,10-13,15H2,1-2H3. The van der Waals surface area contributed by atoms with Crippen LogP contribution in [0.5, 0.6) is 11.5 Å². The topological polar surface area (TPSA) is 53.0 Å². The van der Waals surface area contributed by atoms with Crippen molar-refractivity contribution in [2.75, 3.05) is 33.2 Å². The highest BCUT2D eigenvalue weighted by Crippen LogP contribution is 2.40. The third kappa shape index (κ3) is 3.68. The molecule has 0 atom stereocenters. The molecule has 1 fully saturated rings. The third-order valence-corrected chi connectivity index (χ3v) is 5.58. The Kier molecular flexibility index (Phi) is 5.20. The molecule has 2 aliphatic heterocycles. The van der Waals surface area contributed by atoms with Crippen molar-refractivity contribution in [3.8, 4) is 11.5 Å². The number of hydrogen-bond donors (Lipinski definition) is 1. The molecule has 4 rings (SSSR count). The van der Waals surface area contributed by atoms with E-state index < -0.39 is 0 Å². The Morgan fingerprint density at radius 3 is 2.46 bits per heavy atom. The highest BCUT2D eigenvalue weighted by molar-refractivity contribution is 6.15. The van der Waals surface area contributed by atoms with Gasteiger partial charge in [-0.1, -0.05) is 31.2 Å². The van der Waals surface area contributed by atoms with E-state index in [1.165, 1.54) is 5.56 Å². The van der Waals surface area contributed by atoms with E-state index in [1.807, 2.05) is 12.1 Å². The maximum absolute atomic E-state index is 12.8. The van der Waals surface area contributed by atoms with Crippen LogP contribution >= 0.6 is 0 Å². The molecule has 2 aromatic carbocycles. The second kappa shape index (κ2) is 7.78. The molecule has 2 aromatic rings. The summed E-state index contributed by atoms with van der Waals surface area (Å²) >= 11 is 0. The number of carbonyl (C=O) groups excluding carboxylic acids is 1.